The lowest BCUT2D eigenvalue weighted by molar-refractivity contribution is -0.155. The third-order valence-electron chi connectivity index (χ3n) is 5.96. The fourth-order valence-corrected chi connectivity index (χ4v) is 4.20. The molecule has 0 radical (unpaired) electrons. The van der Waals surface area contributed by atoms with Crippen LogP contribution in [0, 0.1) is 5.92 Å². The van der Waals surface area contributed by atoms with Crippen LogP contribution in [0.25, 0.3) is 0 Å². The largest absolute Gasteiger partial charge is 0.481 e. The Morgan fingerprint density at radius 3 is 2.56 bits per heavy atom. The van der Waals surface area contributed by atoms with Crippen molar-refractivity contribution in [1.82, 2.24) is 9.80 Å². The highest BCUT2D eigenvalue weighted by molar-refractivity contribution is 5.86. The second-order valence-electron chi connectivity index (χ2n) is 7.71. The lowest BCUT2D eigenvalue weighted by Crippen LogP contribution is -2.54. The summed E-state index contributed by atoms with van der Waals surface area (Å²) in [5.74, 6) is -1.14. The normalized spacial score (nSPS) is 27.0. The van der Waals surface area contributed by atoms with Gasteiger partial charge in [-0.2, -0.15) is 0 Å². The van der Waals surface area contributed by atoms with Crippen LogP contribution in [0.4, 0.5) is 0 Å². The van der Waals surface area contributed by atoms with Gasteiger partial charge in [-0.15, -0.1) is 0 Å². The maximum atomic E-state index is 13.0. The lowest BCUT2D eigenvalue weighted by atomic mass is 9.89. The predicted octanol–water partition coefficient (Wildman–Crippen LogP) is 0.499. The van der Waals surface area contributed by atoms with Gasteiger partial charge in [-0.1, -0.05) is 6.07 Å². The van der Waals surface area contributed by atoms with Crippen molar-refractivity contribution in [1.29, 1.82) is 0 Å². The molecule has 2 saturated heterocycles. The summed E-state index contributed by atoms with van der Waals surface area (Å²) in [4.78, 5) is 28.4. The molecule has 2 atom stereocenters. The van der Waals surface area contributed by atoms with E-state index in [1.807, 2.05) is 13.1 Å². The molecule has 3 aliphatic heterocycles. The molecule has 0 saturated carbocycles. The van der Waals surface area contributed by atoms with Crippen molar-refractivity contribution in [2.24, 2.45) is 5.92 Å². The SMILES string of the molecule is CN1CCC(O)(C(=O)N2C[C@H](C(=O)O)[C@@H](c3ccc4c(c3)OCO4)C2)CC1. The molecule has 0 aromatic heterocycles. The minimum atomic E-state index is -1.40. The van der Waals surface area contributed by atoms with Crippen molar-refractivity contribution < 1.29 is 29.3 Å². The van der Waals surface area contributed by atoms with Gasteiger partial charge in [-0.3, -0.25) is 9.59 Å². The molecule has 8 heteroatoms. The summed E-state index contributed by atoms with van der Waals surface area (Å²) < 4.78 is 10.7. The van der Waals surface area contributed by atoms with Gasteiger partial charge in [0.15, 0.2) is 11.5 Å². The molecule has 0 bridgehead atoms. The highest BCUT2D eigenvalue weighted by atomic mass is 16.7. The van der Waals surface area contributed by atoms with Gasteiger partial charge in [-0.25, -0.2) is 0 Å². The second kappa shape index (κ2) is 6.69. The molecular formula is C19H24N2O6. The first-order valence-electron chi connectivity index (χ1n) is 9.20. The number of piperidine rings is 1. The zero-order valence-electron chi connectivity index (χ0n) is 15.3. The minimum Gasteiger partial charge on any atom is -0.481 e. The molecule has 2 N–H and O–H groups in total. The van der Waals surface area contributed by atoms with E-state index in [-0.39, 0.29) is 31.7 Å². The number of nitrogens with zero attached hydrogens (tertiary/aromatic N) is 2. The molecule has 146 valence electrons. The molecule has 1 aromatic rings. The number of ether oxygens (including phenoxy) is 2. The van der Waals surface area contributed by atoms with Crippen LogP contribution in [-0.4, -0.2) is 77.5 Å². The number of fused-ring (bicyclic) bond motifs is 1. The number of carbonyl (C=O) groups is 2. The highest BCUT2D eigenvalue weighted by Crippen LogP contribution is 2.40. The zero-order valence-corrected chi connectivity index (χ0v) is 15.3. The number of carbonyl (C=O) groups excluding carboxylic acids is 1. The molecule has 0 aliphatic carbocycles. The van der Waals surface area contributed by atoms with Gasteiger partial charge in [0.1, 0.15) is 5.60 Å². The van der Waals surface area contributed by atoms with Crippen LogP contribution in [0.2, 0.25) is 0 Å². The van der Waals surface area contributed by atoms with Crippen molar-refractivity contribution in [2.75, 3.05) is 40.0 Å². The maximum Gasteiger partial charge on any atom is 0.308 e. The highest BCUT2D eigenvalue weighted by Gasteiger charge is 2.47. The second-order valence-corrected chi connectivity index (χ2v) is 7.71. The third-order valence-corrected chi connectivity index (χ3v) is 5.96. The van der Waals surface area contributed by atoms with Crippen LogP contribution in [0.5, 0.6) is 11.5 Å². The van der Waals surface area contributed by atoms with Crippen LogP contribution in [0.15, 0.2) is 18.2 Å². The number of amides is 1. The summed E-state index contributed by atoms with van der Waals surface area (Å²) in [7, 11) is 1.95. The molecule has 8 nitrogen and oxygen atoms in total. The summed E-state index contributed by atoms with van der Waals surface area (Å²) in [5, 5.41) is 20.5. The molecule has 1 amide bonds. The Bertz CT molecular complexity index is 759. The van der Waals surface area contributed by atoms with E-state index in [2.05, 4.69) is 4.90 Å². The van der Waals surface area contributed by atoms with Crippen LogP contribution >= 0.6 is 0 Å². The number of carboxylic acids is 1. The fraction of sp³-hybridized carbons (Fsp3) is 0.579. The number of carboxylic acid groups (broad SMARTS) is 1. The summed E-state index contributed by atoms with van der Waals surface area (Å²) in [5.41, 5.74) is -0.600. The Morgan fingerprint density at radius 1 is 1.15 bits per heavy atom. The van der Waals surface area contributed by atoms with E-state index in [9.17, 15) is 19.8 Å². The summed E-state index contributed by atoms with van der Waals surface area (Å²) in [6.07, 6.45) is 0.733. The Labute approximate surface area is 157 Å². The van der Waals surface area contributed by atoms with E-state index >= 15 is 0 Å². The Hall–Kier alpha value is -2.32. The number of aliphatic carboxylic acids is 1. The first kappa shape index (κ1) is 18.1. The zero-order chi connectivity index (χ0) is 19.2. The first-order chi connectivity index (χ1) is 12.9. The molecular weight excluding hydrogens is 352 g/mol. The van der Waals surface area contributed by atoms with E-state index in [0.717, 1.165) is 5.56 Å². The number of hydrogen-bond acceptors (Lipinski definition) is 6. The quantitative estimate of drug-likeness (QED) is 0.792. The van der Waals surface area contributed by atoms with Gasteiger partial charge in [0, 0.05) is 32.1 Å². The van der Waals surface area contributed by atoms with E-state index in [0.29, 0.717) is 37.4 Å². The first-order valence-corrected chi connectivity index (χ1v) is 9.20. The lowest BCUT2D eigenvalue weighted by Gasteiger charge is -2.37. The number of rotatable bonds is 3. The van der Waals surface area contributed by atoms with Crippen LogP contribution in [0.3, 0.4) is 0 Å². The Morgan fingerprint density at radius 2 is 1.85 bits per heavy atom. The number of aliphatic hydroxyl groups is 1. The smallest absolute Gasteiger partial charge is 0.308 e. The van der Waals surface area contributed by atoms with E-state index in [1.54, 1.807) is 12.1 Å². The maximum absolute atomic E-state index is 13.0. The fourth-order valence-electron chi connectivity index (χ4n) is 4.20. The standard InChI is InChI=1S/C19H24N2O6/c1-20-6-4-19(25,5-7-20)18(24)21-9-13(14(10-21)17(22)23)12-2-3-15-16(8-12)27-11-26-15/h2-3,8,13-14,25H,4-7,9-11H2,1H3,(H,22,23)/t13-,14+/m1/s1. The van der Waals surface area contributed by atoms with Gasteiger partial charge < -0.3 is 29.5 Å². The van der Waals surface area contributed by atoms with E-state index in [4.69, 9.17) is 9.47 Å². The topological polar surface area (TPSA) is 99.5 Å². The predicted molar refractivity (Wildman–Crippen MR) is 94.7 cm³/mol. The van der Waals surface area contributed by atoms with Gasteiger partial charge in [0.05, 0.1) is 5.92 Å². The Balaban J connectivity index is 1.55. The summed E-state index contributed by atoms with van der Waals surface area (Å²) in [6, 6.07) is 5.39. The summed E-state index contributed by atoms with van der Waals surface area (Å²) >= 11 is 0. The number of benzene rings is 1. The summed E-state index contributed by atoms with van der Waals surface area (Å²) in [6.45, 7) is 1.81. The average molecular weight is 376 g/mol. The van der Waals surface area contributed by atoms with Crippen molar-refractivity contribution in [2.45, 2.75) is 24.4 Å². The van der Waals surface area contributed by atoms with Gasteiger partial charge in [0.2, 0.25) is 6.79 Å². The van der Waals surface area contributed by atoms with Gasteiger partial charge in [-0.05, 0) is 37.6 Å². The molecule has 1 aromatic carbocycles. The molecule has 2 fully saturated rings. The third kappa shape index (κ3) is 3.23. The molecule has 0 unspecified atom stereocenters. The van der Waals surface area contributed by atoms with Crippen molar-refractivity contribution in [3.05, 3.63) is 23.8 Å². The average Bonchev–Trinajstić information content (AvgIpc) is 3.29. The Kier molecular flexibility index (Phi) is 4.47. The number of likely N-dealkylation sites (tertiary alicyclic amines) is 2. The van der Waals surface area contributed by atoms with Crippen LogP contribution in [0.1, 0.15) is 24.3 Å². The monoisotopic (exact) mass is 376 g/mol. The molecule has 27 heavy (non-hydrogen) atoms. The van der Waals surface area contributed by atoms with Crippen molar-refractivity contribution in [3.63, 3.8) is 0 Å². The minimum absolute atomic E-state index is 0.103. The van der Waals surface area contributed by atoms with E-state index in [1.165, 1.54) is 4.90 Å². The molecule has 0 spiro atoms. The van der Waals surface area contributed by atoms with Gasteiger partial charge >= 0.3 is 5.97 Å². The number of hydrogen-bond donors (Lipinski definition) is 2. The van der Waals surface area contributed by atoms with E-state index < -0.39 is 17.5 Å². The van der Waals surface area contributed by atoms with Crippen LogP contribution < -0.4 is 9.47 Å². The molecule has 3 aliphatic rings. The molecule has 3 heterocycles. The van der Waals surface area contributed by atoms with Crippen LogP contribution in [-0.2, 0) is 9.59 Å². The van der Waals surface area contributed by atoms with Crippen molar-refractivity contribution >= 4 is 11.9 Å². The van der Waals surface area contributed by atoms with Gasteiger partial charge in [0.25, 0.3) is 5.91 Å². The van der Waals surface area contributed by atoms with Crippen molar-refractivity contribution in [3.8, 4) is 11.5 Å². The molecule has 4 rings (SSSR count).